The van der Waals surface area contributed by atoms with Crippen molar-refractivity contribution in [2.75, 3.05) is 13.2 Å². The summed E-state index contributed by atoms with van der Waals surface area (Å²) in [6, 6.07) is 15.2. The first-order chi connectivity index (χ1) is 11.4. The number of sulfonamides is 1. The SMILES string of the molecule is Cc1ccc(S(=O)(=O)NCC[C@H](CCO)c2ccccc2)c(C)c1. The van der Waals surface area contributed by atoms with Crippen molar-refractivity contribution >= 4 is 10.0 Å². The maximum absolute atomic E-state index is 12.5. The molecule has 0 amide bonds. The minimum absolute atomic E-state index is 0.0867. The molecular formula is C19H25NO3S. The van der Waals surface area contributed by atoms with Crippen LogP contribution in [-0.2, 0) is 10.0 Å². The van der Waals surface area contributed by atoms with Gasteiger partial charge >= 0.3 is 0 Å². The first-order valence-corrected chi connectivity index (χ1v) is 9.65. The lowest BCUT2D eigenvalue weighted by Gasteiger charge is -2.17. The van der Waals surface area contributed by atoms with E-state index in [9.17, 15) is 13.5 Å². The molecule has 4 nitrogen and oxygen atoms in total. The zero-order valence-corrected chi connectivity index (χ0v) is 15.0. The van der Waals surface area contributed by atoms with Gasteiger partial charge in [-0.15, -0.1) is 0 Å². The Hall–Kier alpha value is -1.69. The van der Waals surface area contributed by atoms with Crippen LogP contribution in [0.3, 0.4) is 0 Å². The second-order valence-electron chi connectivity index (χ2n) is 6.08. The van der Waals surface area contributed by atoms with E-state index < -0.39 is 10.0 Å². The summed E-state index contributed by atoms with van der Waals surface area (Å²) in [4.78, 5) is 0.325. The summed E-state index contributed by atoms with van der Waals surface area (Å²) in [5.41, 5.74) is 2.91. The van der Waals surface area contributed by atoms with Crippen LogP contribution in [0.2, 0.25) is 0 Å². The Balaban J connectivity index is 2.03. The molecule has 2 rings (SSSR count). The zero-order chi connectivity index (χ0) is 17.6. The van der Waals surface area contributed by atoms with Gasteiger partial charge in [-0.2, -0.15) is 0 Å². The Bertz CT molecular complexity index is 757. The lowest BCUT2D eigenvalue weighted by Crippen LogP contribution is -2.26. The molecule has 0 fully saturated rings. The van der Waals surface area contributed by atoms with Gasteiger partial charge in [0, 0.05) is 13.2 Å². The molecule has 5 heteroatoms. The van der Waals surface area contributed by atoms with Gasteiger partial charge in [0.25, 0.3) is 0 Å². The van der Waals surface area contributed by atoms with Crippen LogP contribution in [0.15, 0.2) is 53.4 Å². The Morgan fingerprint density at radius 2 is 1.75 bits per heavy atom. The molecule has 0 aliphatic heterocycles. The first kappa shape index (κ1) is 18.6. The largest absolute Gasteiger partial charge is 0.396 e. The van der Waals surface area contributed by atoms with Gasteiger partial charge in [-0.3, -0.25) is 0 Å². The normalized spacial score (nSPS) is 13.0. The number of aliphatic hydroxyl groups is 1. The molecule has 0 saturated heterocycles. The molecule has 0 aliphatic carbocycles. The van der Waals surface area contributed by atoms with Gasteiger partial charge in [0.1, 0.15) is 0 Å². The van der Waals surface area contributed by atoms with E-state index in [-0.39, 0.29) is 12.5 Å². The van der Waals surface area contributed by atoms with Gasteiger partial charge in [0.15, 0.2) is 0 Å². The van der Waals surface area contributed by atoms with Crippen LogP contribution in [-0.4, -0.2) is 26.7 Å². The van der Waals surface area contributed by atoms with E-state index in [4.69, 9.17) is 0 Å². The highest BCUT2D eigenvalue weighted by molar-refractivity contribution is 7.89. The molecule has 0 heterocycles. The topological polar surface area (TPSA) is 66.4 Å². The number of hydrogen-bond acceptors (Lipinski definition) is 3. The van der Waals surface area contributed by atoms with Crippen LogP contribution in [0.4, 0.5) is 0 Å². The Labute approximate surface area is 144 Å². The molecule has 0 aromatic heterocycles. The molecule has 2 aromatic rings. The Morgan fingerprint density at radius 3 is 2.38 bits per heavy atom. The number of aryl methyl sites for hydroxylation is 2. The molecule has 130 valence electrons. The molecule has 2 aromatic carbocycles. The molecule has 2 N–H and O–H groups in total. The van der Waals surface area contributed by atoms with E-state index in [1.165, 1.54) is 0 Å². The van der Waals surface area contributed by atoms with Crippen LogP contribution in [0.1, 0.15) is 35.4 Å². The molecule has 0 saturated carbocycles. The average molecular weight is 347 g/mol. The van der Waals surface area contributed by atoms with E-state index in [0.29, 0.717) is 24.3 Å². The predicted octanol–water partition coefficient (Wildman–Crippen LogP) is 3.14. The highest BCUT2D eigenvalue weighted by atomic mass is 32.2. The summed E-state index contributed by atoms with van der Waals surface area (Å²) in [5, 5.41) is 9.26. The van der Waals surface area contributed by atoms with Gasteiger partial charge in [-0.1, -0.05) is 48.0 Å². The first-order valence-electron chi connectivity index (χ1n) is 8.17. The van der Waals surface area contributed by atoms with Crippen LogP contribution in [0.5, 0.6) is 0 Å². The van der Waals surface area contributed by atoms with E-state index in [0.717, 1.165) is 16.7 Å². The molecule has 0 aliphatic rings. The van der Waals surface area contributed by atoms with Crippen molar-refractivity contribution in [3.05, 3.63) is 65.2 Å². The summed E-state index contributed by atoms with van der Waals surface area (Å²) < 4.78 is 27.6. The molecule has 0 bridgehead atoms. The minimum Gasteiger partial charge on any atom is -0.396 e. The Morgan fingerprint density at radius 1 is 1.04 bits per heavy atom. The van der Waals surface area contributed by atoms with Crippen LogP contribution in [0.25, 0.3) is 0 Å². The van der Waals surface area contributed by atoms with E-state index in [1.807, 2.05) is 43.3 Å². The Kier molecular flexibility index (Phi) is 6.54. The predicted molar refractivity (Wildman–Crippen MR) is 96.6 cm³/mol. The molecule has 24 heavy (non-hydrogen) atoms. The average Bonchev–Trinajstić information content (AvgIpc) is 2.54. The van der Waals surface area contributed by atoms with Crippen LogP contribution < -0.4 is 4.72 Å². The van der Waals surface area contributed by atoms with E-state index >= 15 is 0 Å². The molecular weight excluding hydrogens is 322 g/mol. The van der Waals surface area contributed by atoms with Crippen molar-refractivity contribution in [2.24, 2.45) is 0 Å². The van der Waals surface area contributed by atoms with Crippen molar-refractivity contribution in [2.45, 2.75) is 37.5 Å². The number of rotatable bonds is 8. The van der Waals surface area contributed by atoms with Crippen molar-refractivity contribution in [1.82, 2.24) is 4.72 Å². The number of benzene rings is 2. The van der Waals surface area contributed by atoms with Gasteiger partial charge in [0.05, 0.1) is 4.90 Å². The van der Waals surface area contributed by atoms with Gasteiger partial charge in [0.2, 0.25) is 10.0 Å². The zero-order valence-electron chi connectivity index (χ0n) is 14.2. The lowest BCUT2D eigenvalue weighted by atomic mass is 9.93. The highest BCUT2D eigenvalue weighted by Gasteiger charge is 2.18. The third-order valence-corrected chi connectivity index (χ3v) is 5.77. The second-order valence-corrected chi connectivity index (χ2v) is 7.81. The maximum Gasteiger partial charge on any atom is 0.240 e. The van der Waals surface area contributed by atoms with Crippen molar-refractivity contribution < 1.29 is 13.5 Å². The van der Waals surface area contributed by atoms with Gasteiger partial charge < -0.3 is 5.11 Å². The minimum atomic E-state index is -3.51. The third kappa shape index (κ3) is 4.90. The summed E-state index contributed by atoms with van der Waals surface area (Å²) in [6.45, 7) is 4.18. The van der Waals surface area contributed by atoms with Crippen LogP contribution in [0, 0.1) is 13.8 Å². The van der Waals surface area contributed by atoms with Crippen molar-refractivity contribution in [3.63, 3.8) is 0 Å². The van der Waals surface area contributed by atoms with Gasteiger partial charge in [-0.25, -0.2) is 13.1 Å². The van der Waals surface area contributed by atoms with E-state index in [2.05, 4.69) is 4.72 Å². The van der Waals surface area contributed by atoms with Crippen molar-refractivity contribution in [3.8, 4) is 0 Å². The smallest absolute Gasteiger partial charge is 0.240 e. The lowest BCUT2D eigenvalue weighted by molar-refractivity contribution is 0.273. The molecule has 1 atom stereocenters. The monoisotopic (exact) mass is 347 g/mol. The number of hydrogen-bond donors (Lipinski definition) is 2. The quantitative estimate of drug-likeness (QED) is 0.771. The summed E-state index contributed by atoms with van der Waals surface area (Å²) in [5.74, 6) is 0.137. The fourth-order valence-corrected chi connectivity index (χ4v) is 4.18. The van der Waals surface area contributed by atoms with Crippen molar-refractivity contribution in [1.29, 1.82) is 0 Å². The third-order valence-electron chi connectivity index (χ3n) is 4.15. The fourth-order valence-electron chi connectivity index (χ4n) is 2.90. The fraction of sp³-hybridized carbons (Fsp3) is 0.368. The highest BCUT2D eigenvalue weighted by Crippen LogP contribution is 2.23. The maximum atomic E-state index is 12.5. The summed E-state index contributed by atoms with van der Waals surface area (Å²) >= 11 is 0. The number of nitrogens with one attached hydrogen (secondary N) is 1. The van der Waals surface area contributed by atoms with Crippen LogP contribution >= 0.6 is 0 Å². The standard InChI is InChI=1S/C19H25NO3S/c1-15-8-9-19(16(2)14-15)24(22,23)20-12-10-18(11-13-21)17-6-4-3-5-7-17/h3-9,14,18,20-21H,10-13H2,1-2H3/t18-/m1/s1. The summed E-state index contributed by atoms with van der Waals surface area (Å²) in [6.07, 6.45) is 1.27. The number of aliphatic hydroxyl groups excluding tert-OH is 1. The molecule has 0 spiro atoms. The van der Waals surface area contributed by atoms with Gasteiger partial charge in [-0.05, 0) is 49.8 Å². The van der Waals surface area contributed by atoms with E-state index in [1.54, 1.807) is 19.1 Å². The molecule has 0 unspecified atom stereocenters. The second kappa shape index (κ2) is 8.42. The summed E-state index contributed by atoms with van der Waals surface area (Å²) in [7, 11) is -3.51. The molecule has 0 radical (unpaired) electrons.